The van der Waals surface area contributed by atoms with Gasteiger partial charge in [-0.25, -0.2) is 0 Å². The highest BCUT2D eigenvalue weighted by Gasteiger charge is 2.37. The third-order valence-corrected chi connectivity index (χ3v) is 3.92. The minimum Gasteiger partial charge on any atom is -0.481 e. The highest BCUT2D eigenvalue weighted by atomic mass is 16.4. The first-order valence-corrected chi connectivity index (χ1v) is 6.87. The van der Waals surface area contributed by atoms with Gasteiger partial charge in [-0.1, -0.05) is 18.9 Å². The standard InChI is InChI=1S/C13H19N3O4/c1-3-13(4-2,11(18)19)7-9(17)14-12-16-15-10(20-12)8-5-6-8/h8H,3-7H2,1-2H3,(H,18,19)(H,14,16,17). The summed E-state index contributed by atoms with van der Waals surface area (Å²) in [6.07, 6.45) is 2.75. The summed E-state index contributed by atoms with van der Waals surface area (Å²) in [4.78, 5) is 23.3. The Bertz CT molecular complexity index is 503. The van der Waals surface area contributed by atoms with E-state index in [4.69, 9.17) is 4.42 Å². The number of nitrogens with zero attached hydrogens (tertiary/aromatic N) is 2. The van der Waals surface area contributed by atoms with Crippen LogP contribution in [-0.4, -0.2) is 27.2 Å². The average molecular weight is 281 g/mol. The third kappa shape index (κ3) is 2.97. The molecule has 1 aromatic heterocycles. The molecule has 2 N–H and O–H groups in total. The summed E-state index contributed by atoms with van der Waals surface area (Å²) in [6, 6.07) is 0.0448. The minimum atomic E-state index is -1.04. The Morgan fingerprint density at radius 2 is 2.00 bits per heavy atom. The quantitative estimate of drug-likeness (QED) is 0.793. The Labute approximate surface area is 116 Å². The number of carbonyl (C=O) groups is 2. The van der Waals surface area contributed by atoms with E-state index in [2.05, 4.69) is 15.5 Å². The SMILES string of the molecule is CCC(CC)(CC(=O)Nc1nnc(C2CC2)o1)C(=O)O. The van der Waals surface area contributed by atoms with Gasteiger partial charge in [-0.15, -0.1) is 5.10 Å². The molecule has 0 aliphatic heterocycles. The molecule has 0 bridgehead atoms. The van der Waals surface area contributed by atoms with Crippen LogP contribution in [0.3, 0.4) is 0 Å². The minimum absolute atomic E-state index is 0.0448. The second-order valence-corrected chi connectivity index (χ2v) is 5.24. The number of hydrogen-bond donors (Lipinski definition) is 2. The molecule has 7 heteroatoms. The Morgan fingerprint density at radius 3 is 2.50 bits per heavy atom. The summed E-state index contributed by atoms with van der Waals surface area (Å²) < 4.78 is 5.32. The topological polar surface area (TPSA) is 105 Å². The molecule has 1 aliphatic rings. The van der Waals surface area contributed by atoms with Crippen LogP contribution in [0, 0.1) is 5.41 Å². The van der Waals surface area contributed by atoms with Crippen LogP contribution < -0.4 is 5.32 Å². The predicted molar refractivity (Wildman–Crippen MR) is 70.2 cm³/mol. The molecule has 1 aromatic rings. The number of aliphatic carboxylic acids is 1. The number of nitrogens with one attached hydrogen (secondary N) is 1. The third-order valence-electron chi connectivity index (χ3n) is 3.92. The van der Waals surface area contributed by atoms with Crippen molar-refractivity contribution in [1.29, 1.82) is 0 Å². The zero-order chi connectivity index (χ0) is 14.8. The molecular formula is C13H19N3O4. The highest BCUT2D eigenvalue weighted by molar-refractivity contribution is 5.92. The molecule has 2 rings (SSSR count). The first kappa shape index (κ1) is 14.5. The maximum absolute atomic E-state index is 11.9. The fourth-order valence-corrected chi connectivity index (χ4v) is 2.13. The molecule has 0 unspecified atom stereocenters. The zero-order valence-electron chi connectivity index (χ0n) is 11.7. The van der Waals surface area contributed by atoms with Gasteiger partial charge in [-0.2, -0.15) is 0 Å². The van der Waals surface area contributed by atoms with Crippen LogP contribution in [0.25, 0.3) is 0 Å². The monoisotopic (exact) mass is 281 g/mol. The van der Waals surface area contributed by atoms with E-state index in [-0.39, 0.29) is 12.4 Å². The van der Waals surface area contributed by atoms with Crippen molar-refractivity contribution in [2.75, 3.05) is 5.32 Å². The molecule has 1 saturated carbocycles. The number of rotatable bonds is 7. The molecule has 0 saturated heterocycles. The van der Waals surface area contributed by atoms with Crippen LogP contribution >= 0.6 is 0 Å². The van der Waals surface area contributed by atoms with Gasteiger partial charge in [0.15, 0.2) is 0 Å². The van der Waals surface area contributed by atoms with Crippen LogP contribution in [0.2, 0.25) is 0 Å². The van der Waals surface area contributed by atoms with Crippen LogP contribution in [-0.2, 0) is 9.59 Å². The Kier molecular flexibility index (Phi) is 4.06. The van der Waals surface area contributed by atoms with E-state index < -0.39 is 17.3 Å². The summed E-state index contributed by atoms with van der Waals surface area (Å²) >= 11 is 0. The van der Waals surface area contributed by atoms with E-state index in [1.54, 1.807) is 13.8 Å². The number of aromatic nitrogens is 2. The fourth-order valence-electron chi connectivity index (χ4n) is 2.13. The molecule has 1 aliphatic carbocycles. The van der Waals surface area contributed by atoms with Gasteiger partial charge < -0.3 is 9.52 Å². The van der Waals surface area contributed by atoms with Gasteiger partial charge in [0.05, 0.1) is 5.41 Å². The van der Waals surface area contributed by atoms with E-state index in [0.29, 0.717) is 24.7 Å². The van der Waals surface area contributed by atoms with Crippen molar-refractivity contribution >= 4 is 17.9 Å². The van der Waals surface area contributed by atoms with Crippen molar-refractivity contribution in [2.45, 2.75) is 51.9 Å². The van der Waals surface area contributed by atoms with Gasteiger partial charge in [0.1, 0.15) is 0 Å². The van der Waals surface area contributed by atoms with Gasteiger partial charge in [-0.3, -0.25) is 14.9 Å². The number of carbonyl (C=O) groups excluding carboxylic acids is 1. The summed E-state index contributed by atoms with van der Waals surface area (Å²) in [6.45, 7) is 3.53. The lowest BCUT2D eigenvalue weighted by atomic mass is 9.79. The lowest BCUT2D eigenvalue weighted by Crippen LogP contribution is -2.34. The number of carboxylic acid groups (broad SMARTS) is 1. The Balaban J connectivity index is 1.97. The maximum Gasteiger partial charge on any atom is 0.322 e. The number of anilines is 1. The van der Waals surface area contributed by atoms with E-state index in [1.807, 2.05) is 0 Å². The molecule has 110 valence electrons. The first-order chi connectivity index (χ1) is 9.50. The van der Waals surface area contributed by atoms with Crippen LogP contribution in [0.15, 0.2) is 4.42 Å². The summed E-state index contributed by atoms with van der Waals surface area (Å²) in [5, 5.41) is 19.4. The maximum atomic E-state index is 11.9. The molecule has 0 atom stereocenters. The summed E-state index contributed by atoms with van der Waals surface area (Å²) in [5.41, 5.74) is -1.04. The van der Waals surface area contributed by atoms with Crippen molar-refractivity contribution in [1.82, 2.24) is 10.2 Å². The molecule has 20 heavy (non-hydrogen) atoms. The van der Waals surface area contributed by atoms with E-state index in [9.17, 15) is 14.7 Å². The van der Waals surface area contributed by atoms with Gasteiger partial charge >= 0.3 is 12.0 Å². The van der Waals surface area contributed by atoms with Gasteiger partial charge in [0, 0.05) is 12.3 Å². The van der Waals surface area contributed by atoms with Gasteiger partial charge in [0.25, 0.3) is 0 Å². The largest absolute Gasteiger partial charge is 0.481 e. The second-order valence-electron chi connectivity index (χ2n) is 5.24. The van der Waals surface area contributed by atoms with Crippen LogP contribution in [0.4, 0.5) is 6.01 Å². The normalized spacial score (nSPS) is 15.1. The molecule has 0 aromatic carbocycles. The number of carboxylic acids is 1. The van der Waals surface area contributed by atoms with Crippen molar-refractivity contribution in [3.63, 3.8) is 0 Å². The van der Waals surface area contributed by atoms with Crippen molar-refractivity contribution < 1.29 is 19.1 Å². The second kappa shape index (κ2) is 5.60. The molecule has 1 fully saturated rings. The molecular weight excluding hydrogens is 262 g/mol. The summed E-state index contributed by atoms with van der Waals surface area (Å²) in [5.74, 6) is -0.516. The lowest BCUT2D eigenvalue weighted by Gasteiger charge is -2.25. The van der Waals surface area contributed by atoms with E-state index in [0.717, 1.165) is 12.8 Å². The van der Waals surface area contributed by atoms with E-state index in [1.165, 1.54) is 0 Å². The van der Waals surface area contributed by atoms with Crippen LogP contribution in [0.5, 0.6) is 0 Å². The van der Waals surface area contributed by atoms with Crippen molar-refractivity contribution in [3.8, 4) is 0 Å². The number of amides is 1. The van der Waals surface area contributed by atoms with E-state index >= 15 is 0 Å². The average Bonchev–Trinajstić information content (AvgIpc) is 3.17. The van der Waals surface area contributed by atoms with Gasteiger partial charge in [0.2, 0.25) is 11.8 Å². The molecule has 7 nitrogen and oxygen atoms in total. The highest BCUT2D eigenvalue weighted by Crippen LogP contribution is 2.39. The molecule has 0 radical (unpaired) electrons. The first-order valence-electron chi connectivity index (χ1n) is 6.87. The lowest BCUT2D eigenvalue weighted by molar-refractivity contribution is -0.151. The summed E-state index contributed by atoms with van der Waals surface area (Å²) in [7, 11) is 0. The predicted octanol–water partition coefficient (Wildman–Crippen LogP) is 2.17. The van der Waals surface area contributed by atoms with Crippen LogP contribution in [0.1, 0.15) is 57.8 Å². The van der Waals surface area contributed by atoms with Crippen molar-refractivity contribution in [3.05, 3.63) is 5.89 Å². The number of hydrogen-bond acceptors (Lipinski definition) is 5. The smallest absolute Gasteiger partial charge is 0.322 e. The molecule has 1 heterocycles. The molecule has 0 spiro atoms. The zero-order valence-corrected chi connectivity index (χ0v) is 11.7. The Hall–Kier alpha value is -1.92. The van der Waals surface area contributed by atoms with Gasteiger partial charge in [-0.05, 0) is 25.7 Å². The molecule has 1 amide bonds. The van der Waals surface area contributed by atoms with Crippen molar-refractivity contribution in [2.24, 2.45) is 5.41 Å². The Morgan fingerprint density at radius 1 is 1.35 bits per heavy atom. The fraction of sp³-hybridized carbons (Fsp3) is 0.692.